The number of benzene rings is 1. The van der Waals surface area contributed by atoms with Crippen molar-refractivity contribution in [3.8, 4) is 0 Å². The molecule has 1 aromatic carbocycles. The van der Waals surface area contributed by atoms with E-state index in [1.165, 1.54) is 24.8 Å². The molecule has 1 aromatic rings. The Morgan fingerprint density at radius 3 is 2.63 bits per heavy atom. The maximum Gasteiger partial charge on any atom is 0.193 e. The zero-order chi connectivity index (χ0) is 18.7. The van der Waals surface area contributed by atoms with Crippen LogP contribution >= 0.6 is 11.6 Å². The van der Waals surface area contributed by atoms with Crippen LogP contribution in [-0.2, 0) is 10.2 Å². The minimum Gasteiger partial charge on any atom is -0.379 e. The third-order valence-electron chi connectivity index (χ3n) is 6.20. The van der Waals surface area contributed by atoms with Crippen molar-refractivity contribution in [3.05, 3.63) is 34.9 Å². The number of hydrogen-bond donors (Lipinski definition) is 1. The molecule has 1 saturated carbocycles. The average molecular weight is 391 g/mol. The smallest absolute Gasteiger partial charge is 0.193 e. The summed E-state index contributed by atoms with van der Waals surface area (Å²) in [5.74, 6) is 1.08. The molecule has 27 heavy (non-hydrogen) atoms. The molecule has 0 amide bonds. The van der Waals surface area contributed by atoms with Gasteiger partial charge in [-0.2, -0.15) is 0 Å². The molecular formula is C21H31ClN4O. The molecule has 5 nitrogen and oxygen atoms in total. The van der Waals surface area contributed by atoms with Crippen molar-refractivity contribution < 1.29 is 4.74 Å². The zero-order valence-corrected chi connectivity index (χ0v) is 17.0. The molecule has 2 aliphatic heterocycles. The standard InChI is InChI=1S/C21H31ClN4O/c1-2-23-20(26-10-7-19(15-26)25-11-13-27-14-12-25)24-16-21(8-9-21)17-3-5-18(22)6-4-17/h3-6,19H,2,7-16H2,1H3,(H,23,24). The molecular weight excluding hydrogens is 360 g/mol. The predicted octanol–water partition coefficient (Wildman–Crippen LogP) is 2.74. The second kappa shape index (κ2) is 8.38. The summed E-state index contributed by atoms with van der Waals surface area (Å²) < 4.78 is 5.50. The molecule has 0 bridgehead atoms. The molecule has 0 aromatic heterocycles. The van der Waals surface area contributed by atoms with Crippen molar-refractivity contribution in [1.82, 2.24) is 15.1 Å². The molecule has 2 saturated heterocycles. The Labute approximate surface area is 167 Å². The Balaban J connectivity index is 1.41. The molecule has 0 radical (unpaired) electrons. The molecule has 1 atom stereocenters. The molecule has 1 N–H and O–H groups in total. The van der Waals surface area contributed by atoms with Gasteiger partial charge < -0.3 is 15.0 Å². The second-order valence-electron chi connectivity index (χ2n) is 7.99. The third kappa shape index (κ3) is 4.41. The third-order valence-corrected chi connectivity index (χ3v) is 6.45. The highest BCUT2D eigenvalue weighted by atomic mass is 35.5. The van der Waals surface area contributed by atoms with E-state index in [-0.39, 0.29) is 5.41 Å². The Morgan fingerprint density at radius 1 is 1.22 bits per heavy atom. The highest BCUT2D eigenvalue weighted by Gasteiger charge is 2.44. The monoisotopic (exact) mass is 390 g/mol. The number of halogens is 1. The maximum absolute atomic E-state index is 6.06. The van der Waals surface area contributed by atoms with E-state index in [0.717, 1.165) is 63.5 Å². The summed E-state index contributed by atoms with van der Waals surface area (Å²) in [6.07, 6.45) is 3.65. The van der Waals surface area contributed by atoms with Gasteiger partial charge in [0.1, 0.15) is 0 Å². The molecule has 1 aliphatic carbocycles. The molecule has 3 fully saturated rings. The zero-order valence-electron chi connectivity index (χ0n) is 16.3. The minimum atomic E-state index is 0.217. The van der Waals surface area contributed by atoms with E-state index in [0.29, 0.717) is 6.04 Å². The lowest BCUT2D eigenvalue weighted by Crippen LogP contribution is -2.46. The van der Waals surface area contributed by atoms with E-state index in [1.54, 1.807) is 0 Å². The topological polar surface area (TPSA) is 40.1 Å². The van der Waals surface area contributed by atoms with Crippen molar-refractivity contribution in [2.24, 2.45) is 4.99 Å². The van der Waals surface area contributed by atoms with Crippen LogP contribution in [-0.4, -0.2) is 74.3 Å². The first kappa shape index (κ1) is 19.0. The fourth-order valence-electron chi connectivity index (χ4n) is 4.32. The number of likely N-dealkylation sites (tertiary alicyclic amines) is 1. The van der Waals surface area contributed by atoms with Crippen LogP contribution in [0.5, 0.6) is 0 Å². The molecule has 1 unspecified atom stereocenters. The van der Waals surface area contributed by atoms with E-state index in [1.807, 2.05) is 12.1 Å². The summed E-state index contributed by atoms with van der Waals surface area (Å²) in [4.78, 5) is 10.1. The van der Waals surface area contributed by atoms with Gasteiger partial charge in [0.05, 0.1) is 19.8 Å². The van der Waals surface area contributed by atoms with Crippen LogP contribution in [0.25, 0.3) is 0 Å². The Kier molecular flexibility index (Phi) is 5.90. The Hall–Kier alpha value is -1.30. The van der Waals surface area contributed by atoms with Gasteiger partial charge in [-0.25, -0.2) is 0 Å². The second-order valence-corrected chi connectivity index (χ2v) is 8.43. The Morgan fingerprint density at radius 2 is 1.96 bits per heavy atom. The van der Waals surface area contributed by atoms with Crippen LogP contribution < -0.4 is 5.32 Å². The molecule has 148 valence electrons. The van der Waals surface area contributed by atoms with Gasteiger partial charge in [0.15, 0.2) is 5.96 Å². The first-order valence-corrected chi connectivity index (χ1v) is 10.7. The number of aliphatic imine (C=N–C) groups is 1. The fourth-order valence-corrected chi connectivity index (χ4v) is 4.45. The maximum atomic E-state index is 6.06. The largest absolute Gasteiger partial charge is 0.379 e. The lowest BCUT2D eigenvalue weighted by atomic mass is 9.96. The van der Waals surface area contributed by atoms with E-state index in [2.05, 4.69) is 34.2 Å². The number of nitrogens with zero attached hydrogens (tertiary/aromatic N) is 3. The normalized spacial score (nSPS) is 25.6. The highest BCUT2D eigenvalue weighted by molar-refractivity contribution is 6.30. The van der Waals surface area contributed by atoms with Gasteiger partial charge in [-0.05, 0) is 43.9 Å². The van der Waals surface area contributed by atoms with E-state index in [4.69, 9.17) is 21.3 Å². The van der Waals surface area contributed by atoms with Gasteiger partial charge in [0.25, 0.3) is 0 Å². The van der Waals surface area contributed by atoms with Crippen molar-refractivity contribution in [2.75, 3.05) is 52.5 Å². The van der Waals surface area contributed by atoms with Crippen LogP contribution in [0.3, 0.4) is 0 Å². The highest BCUT2D eigenvalue weighted by Crippen LogP contribution is 2.48. The first-order chi connectivity index (χ1) is 13.2. The van der Waals surface area contributed by atoms with Crippen LogP contribution in [0.2, 0.25) is 5.02 Å². The summed E-state index contributed by atoms with van der Waals surface area (Å²) in [5, 5.41) is 4.32. The minimum absolute atomic E-state index is 0.217. The van der Waals surface area contributed by atoms with Gasteiger partial charge in [-0.15, -0.1) is 0 Å². The summed E-state index contributed by atoms with van der Waals surface area (Å²) >= 11 is 6.06. The van der Waals surface area contributed by atoms with Crippen molar-refractivity contribution in [3.63, 3.8) is 0 Å². The van der Waals surface area contributed by atoms with E-state index < -0.39 is 0 Å². The van der Waals surface area contributed by atoms with Crippen molar-refractivity contribution in [2.45, 2.75) is 37.6 Å². The van der Waals surface area contributed by atoms with Gasteiger partial charge in [0, 0.05) is 49.2 Å². The summed E-state index contributed by atoms with van der Waals surface area (Å²) in [7, 11) is 0. The molecule has 6 heteroatoms. The van der Waals surface area contributed by atoms with Crippen molar-refractivity contribution >= 4 is 17.6 Å². The molecule has 3 aliphatic rings. The van der Waals surface area contributed by atoms with Gasteiger partial charge in [-0.1, -0.05) is 23.7 Å². The molecule has 0 spiro atoms. The number of guanidine groups is 1. The van der Waals surface area contributed by atoms with Crippen LogP contribution in [0.15, 0.2) is 29.3 Å². The summed E-state index contributed by atoms with van der Waals surface area (Å²) in [5.41, 5.74) is 1.59. The first-order valence-electron chi connectivity index (χ1n) is 10.3. The summed E-state index contributed by atoms with van der Waals surface area (Å²) in [6.45, 7) is 9.93. The van der Waals surface area contributed by atoms with Crippen LogP contribution in [0.4, 0.5) is 0 Å². The number of hydrogen-bond acceptors (Lipinski definition) is 3. The number of ether oxygens (including phenoxy) is 1. The number of nitrogens with one attached hydrogen (secondary N) is 1. The lowest BCUT2D eigenvalue weighted by Gasteiger charge is -2.32. The number of rotatable bonds is 5. The molecule has 2 heterocycles. The fraction of sp³-hybridized carbons (Fsp3) is 0.667. The Bertz CT molecular complexity index is 653. The van der Waals surface area contributed by atoms with Gasteiger partial charge in [-0.3, -0.25) is 9.89 Å². The van der Waals surface area contributed by atoms with Gasteiger partial charge in [0.2, 0.25) is 0 Å². The van der Waals surface area contributed by atoms with Crippen molar-refractivity contribution in [1.29, 1.82) is 0 Å². The van der Waals surface area contributed by atoms with E-state index >= 15 is 0 Å². The van der Waals surface area contributed by atoms with E-state index in [9.17, 15) is 0 Å². The summed E-state index contributed by atoms with van der Waals surface area (Å²) in [6, 6.07) is 8.96. The van der Waals surface area contributed by atoms with Gasteiger partial charge >= 0.3 is 0 Å². The van der Waals surface area contributed by atoms with Crippen LogP contribution in [0.1, 0.15) is 31.7 Å². The average Bonchev–Trinajstić information content (AvgIpc) is 3.33. The predicted molar refractivity (Wildman–Crippen MR) is 111 cm³/mol. The van der Waals surface area contributed by atoms with Crippen LogP contribution in [0, 0.1) is 0 Å². The quantitative estimate of drug-likeness (QED) is 0.620. The molecule has 4 rings (SSSR count). The lowest BCUT2D eigenvalue weighted by molar-refractivity contribution is 0.0195. The number of morpholine rings is 1. The SMILES string of the molecule is CCNC(=NCC1(c2ccc(Cl)cc2)CC1)N1CCC(N2CCOCC2)C1.